The molecule has 2 aliphatic rings. The average molecular weight is 496 g/mol. The van der Waals surface area contributed by atoms with Gasteiger partial charge >= 0.3 is 0 Å². The predicted molar refractivity (Wildman–Crippen MR) is 127 cm³/mol. The summed E-state index contributed by atoms with van der Waals surface area (Å²) in [5.74, 6) is -2.05. The van der Waals surface area contributed by atoms with Crippen LogP contribution in [0.15, 0.2) is 12.4 Å². The van der Waals surface area contributed by atoms with E-state index in [9.17, 15) is 13.6 Å². The number of carbonyl (C=O) groups is 1. The van der Waals surface area contributed by atoms with Crippen molar-refractivity contribution in [2.75, 3.05) is 26.2 Å². The van der Waals surface area contributed by atoms with Crippen LogP contribution in [0, 0.1) is 5.92 Å². The molecule has 0 bridgehead atoms. The van der Waals surface area contributed by atoms with Crippen LogP contribution in [0.3, 0.4) is 0 Å². The van der Waals surface area contributed by atoms with Gasteiger partial charge in [0.2, 0.25) is 5.91 Å². The number of nitrogens with one attached hydrogen (secondary N) is 1. The summed E-state index contributed by atoms with van der Waals surface area (Å²) in [6, 6.07) is 0.282. The zero-order valence-electron chi connectivity index (χ0n) is 20.1. The molecule has 3 heterocycles. The van der Waals surface area contributed by atoms with Crippen LogP contribution in [0.4, 0.5) is 8.78 Å². The minimum Gasteiger partial charge on any atom is -0.464 e. The van der Waals surface area contributed by atoms with Crippen LogP contribution < -0.4 is 10.1 Å². The lowest BCUT2D eigenvalue weighted by Gasteiger charge is -2.30. The number of carbonyl (C=O) groups excluding carboxylic acids is 1. The molecule has 1 fully saturated rings. The van der Waals surface area contributed by atoms with E-state index in [-0.39, 0.29) is 11.9 Å². The van der Waals surface area contributed by atoms with Gasteiger partial charge in [0.25, 0.3) is 11.1 Å². The molecule has 0 atom stereocenters. The molecule has 1 amide bonds. The highest BCUT2D eigenvalue weighted by Gasteiger charge is 2.26. The molecule has 0 spiro atoms. The number of aryl methyl sites for hydroxylation is 1. The van der Waals surface area contributed by atoms with Crippen molar-refractivity contribution in [3.8, 4) is 5.19 Å². The fourth-order valence-electron chi connectivity index (χ4n) is 4.85. The van der Waals surface area contributed by atoms with Gasteiger partial charge in [-0.25, -0.2) is 13.8 Å². The van der Waals surface area contributed by atoms with E-state index in [0.29, 0.717) is 17.5 Å². The standard InChI is InChI=1S/C24H35F2N5O2S/c1-24(25,26)16-33-23-29-20-8-11-31(12-9-21(20)34-23)10-7-17-3-5-19(6-4-17)28-22(32)13-18-14-27-30(2)15-18/h14-15,17,19H,3-13,16H2,1-2H3,(H,28,32). The Morgan fingerprint density at radius 1 is 1.26 bits per heavy atom. The fraction of sp³-hybridized carbons (Fsp3) is 0.708. The summed E-state index contributed by atoms with van der Waals surface area (Å²) >= 11 is 1.41. The molecule has 0 aromatic carbocycles. The molecule has 0 unspecified atom stereocenters. The molecule has 7 nitrogen and oxygen atoms in total. The Morgan fingerprint density at radius 3 is 2.74 bits per heavy atom. The van der Waals surface area contributed by atoms with Crippen LogP contribution in [0.1, 0.15) is 55.2 Å². The summed E-state index contributed by atoms with van der Waals surface area (Å²) in [7, 11) is 1.86. The first-order chi connectivity index (χ1) is 16.2. The molecule has 2 aromatic heterocycles. The summed E-state index contributed by atoms with van der Waals surface area (Å²) in [5, 5.41) is 7.68. The molecule has 4 rings (SSSR count). The predicted octanol–water partition coefficient (Wildman–Crippen LogP) is 3.62. The van der Waals surface area contributed by atoms with E-state index in [4.69, 9.17) is 4.74 Å². The van der Waals surface area contributed by atoms with Gasteiger partial charge in [0.15, 0.2) is 6.61 Å². The lowest BCUT2D eigenvalue weighted by Crippen LogP contribution is -2.39. The zero-order valence-corrected chi connectivity index (χ0v) is 20.9. The Hall–Kier alpha value is -2.07. The Bertz CT molecular complexity index is 924. The maximum atomic E-state index is 13.0. The van der Waals surface area contributed by atoms with Gasteiger partial charge < -0.3 is 15.0 Å². The highest BCUT2D eigenvalue weighted by molar-refractivity contribution is 7.13. The molecule has 0 saturated heterocycles. The fourth-order valence-corrected chi connectivity index (χ4v) is 5.79. The minimum absolute atomic E-state index is 0.0825. The number of hydrogen-bond acceptors (Lipinski definition) is 6. The number of amides is 1. The van der Waals surface area contributed by atoms with Gasteiger partial charge in [-0.3, -0.25) is 9.48 Å². The van der Waals surface area contributed by atoms with Crippen LogP contribution in [0.25, 0.3) is 0 Å². The number of hydrogen-bond donors (Lipinski definition) is 1. The molecule has 1 saturated carbocycles. The van der Waals surface area contributed by atoms with Crippen molar-refractivity contribution >= 4 is 17.2 Å². The molecular formula is C24H35F2N5O2S. The minimum atomic E-state index is -2.84. The normalized spacial score (nSPS) is 21.6. The van der Waals surface area contributed by atoms with Crippen LogP contribution in [0.2, 0.25) is 0 Å². The lowest BCUT2D eigenvalue weighted by atomic mass is 9.84. The van der Waals surface area contributed by atoms with Gasteiger partial charge in [0.1, 0.15) is 0 Å². The maximum Gasteiger partial charge on any atom is 0.278 e. The third-order valence-electron chi connectivity index (χ3n) is 6.72. The van der Waals surface area contributed by atoms with Crippen molar-refractivity contribution in [1.29, 1.82) is 0 Å². The highest BCUT2D eigenvalue weighted by atomic mass is 32.1. The number of halogens is 2. The van der Waals surface area contributed by atoms with E-state index in [1.54, 1.807) is 10.9 Å². The maximum absolute atomic E-state index is 13.0. The molecular weight excluding hydrogens is 460 g/mol. The van der Waals surface area contributed by atoms with Crippen molar-refractivity contribution in [3.63, 3.8) is 0 Å². The van der Waals surface area contributed by atoms with Crippen molar-refractivity contribution in [2.24, 2.45) is 13.0 Å². The summed E-state index contributed by atoms with van der Waals surface area (Å²) in [6.07, 6.45) is 11.3. The number of thiazole rings is 1. The first-order valence-corrected chi connectivity index (χ1v) is 13.0. The summed E-state index contributed by atoms with van der Waals surface area (Å²) in [5.41, 5.74) is 1.95. The van der Waals surface area contributed by atoms with Crippen LogP contribution in [0.5, 0.6) is 5.19 Å². The van der Waals surface area contributed by atoms with Gasteiger partial charge in [-0.05, 0) is 56.6 Å². The van der Waals surface area contributed by atoms with Gasteiger partial charge in [-0.2, -0.15) is 5.10 Å². The molecule has 2 aromatic rings. The topological polar surface area (TPSA) is 72.3 Å². The van der Waals surface area contributed by atoms with Gasteiger partial charge in [0, 0.05) is 50.6 Å². The second-order valence-electron chi connectivity index (χ2n) is 9.82. The quantitative estimate of drug-likeness (QED) is 0.575. The average Bonchev–Trinajstić information content (AvgIpc) is 3.32. The van der Waals surface area contributed by atoms with E-state index >= 15 is 0 Å². The molecule has 1 aliphatic carbocycles. The number of fused-ring (bicyclic) bond motifs is 1. The van der Waals surface area contributed by atoms with E-state index in [2.05, 4.69) is 20.3 Å². The SMILES string of the molecule is Cn1cc(CC(=O)NC2CCC(CCN3CCc4nc(OCC(C)(F)F)sc4CC3)CC2)cn1. The Labute approximate surface area is 203 Å². The number of nitrogens with zero attached hydrogens (tertiary/aromatic N) is 4. The van der Waals surface area contributed by atoms with Crippen LogP contribution >= 0.6 is 11.3 Å². The van der Waals surface area contributed by atoms with Crippen molar-refractivity contribution in [2.45, 2.75) is 70.3 Å². The Morgan fingerprint density at radius 2 is 2.03 bits per heavy atom. The zero-order chi connectivity index (χ0) is 24.1. The summed E-state index contributed by atoms with van der Waals surface area (Å²) in [6.45, 7) is 3.22. The number of ether oxygens (including phenoxy) is 1. The summed E-state index contributed by atoms with van der Waals surface area (Å²) < 4.78 is 33.0. The third-order valence-corrected chi connectivity index (χ3v) is 7.79. The number of aromatic nitrogens is 3. The molecule has 34 heavy (non-hydrogen) atoms. The van der Waals surface area contributed by atoms with E-state index in [0.717, 1.165) is 76.3 Å². The molecule has 1 aliphatic heterocycles. The van der Waals surface area contributed by atoms with E-state index in [1.807, 2.05) is 13.2 Å². The third kappa shape index (κ3) is 7.46. The van der Waals surface area contributed by atoms with E-state index in [1.165, 1.54) is 22.6 Å². The smallest absolute Gasteiger partial charge is 0.278 e. The molecule has 0 radical (unpaired) electrons. The van der Waals surface area contributed by atoms with Crippen molar-refractivity contribution < 1.29 is 18.3 Å². The van der Waals surface area contributed by atoms with Gasteiger partial charge in [-0.1, -0.05) is 11.3 Å². The number of rotatable bonds is 9. The second-order valence-corrected chi connectivity index (χ2v) is 10.9. The molecule has 1 N–H and O–H groups in total. The lowest BCUT2D eigenvalue weighted by molar-refractivity contribution is -0.121. The highest BCUT2D eigenvalue weighted by Crippen LogP contribution is 2.30. The van der Waals surface area contributed by atoms with Crippen molar-refractivity contribution in [3.05, 3.63) is 28.5 Å². The molecule has 10 heteroatoms. The van der Waals surface area contributed by atoms with Crippen LogP contribution in [-0.2, 0) is 31.1 Å². The van der Waals surface area contributed by atoms with Crippen molar-refractivity contribution in [1.82, 2.24) is 25.0 Å². The Kier molecular flexibility index (Phi) is 8.18. The van der Waals surface area contributed by atoms with E-state index < -0.39 is 12.5 Å². The van der Waals surface area contributed by atoms with Crippen LogP contribution in [-0.4, -0.2) is 63.8 Å². The second kappa shape index (κ2) is 11.1. The summed E-state index contributed by atoms with van der Waals surface area (Å²) in [4.78, 5) is 20.4. The van der Waals surface area contributed by atoms with Gasteiger partial charge in [0.05, 0.1) is 18.3 Å². The number of alkyl halides is 2. The monoisotopic (exact) mass is 495 g/mol. The Balaban J connectivity index is 1.13. The molecule has 188 valence electrons. The van der Waals surface area contributed by atoms with Gasteiger partial charge in [-0.15, -0.1) is 0 Å². The first kappa shape index (κ1) is 25.0. The largest absolute Gasteiger partial charge is 0.464 e. The first-order valence-electron chi connectivity index (χ1n) is 12.2.